The minimum absolute atomic E-state index is 0.128. The van der Waals surface area contributed by atoms with E-state index in [2.05, 4.69) is 10.6 Å². The molecule has 1 atom stereocenters. The van der Waals surface area contributed by atoms with Crippen molar-refractivity contribution in [2.24, 2.45) is 0 Å². The fraction of sp³-hybridized carbons (Fsp3) is 0.429. The maximum atomic E-state index is 12.0. The number of carbonyl (C=O) groups is 1. The molecule has 0 saturated heterocycles. The zero-order valence-electron chi connectivity index (χ0n) is 11.5. The Balaban J connectivity index is 2.84. The largest absolute Gasteiger partial charge is 0.373 e. The summed E-state index contributed by atoms with van der Waals surface area (Å²) >= 11 is 5.94. The Hall–Kier alpha value is -1.73. The summed E-state index contributed by atoms with van der Waals surface area (Å²) in [5.74, 6) is -0.128. The summed E-state index contributed by atoms with van der Waals surface area (Å²) in [6.45, 7) is 7.48. The second-order valence-corrected chi connectivity index (χ2v) is 5.79. The molecule has 0 aliphatic rings. The highest BCUT2D eigenvalue weighted by atomic mass is 35.5. The van der Waals surface area contributed by atoms with Crippen molar-refractivity contribution in [3.8, 4) is 6.07 Å². The summed E-state index contributed by atoms with van der Waals surface area (Å²) in [5, 5.41) is 15.3. The number of carbonyl (C=O) groups excluding carboxylic acids is 1. The number of rotatable bonds is 3. The Bertz CT molecular complexity index is 514. The Labute approximate surface area is 118 Å². The molecule has 4 nitrogen and oxygen atoms in total. The van der Waals surface area contributed by atoms with E-state index in [9.17, 15) is 4.79 Å². The number of hydrogen-bond donors (Lipinski definition) is 2. The van der Waals surface area contributed by atoms with Crippen LogP contribution in [0.3, 0.4) is 0 Å². The lowest BCUT2D eigenvalue weighted by Crippen LogP contribution is -2.47. The molecule has 0 spiro atoms. The summed E-state index contributed by atoms with van der Waals surface area (Å²) in [6.07, 6.45) is 0. The van der Waals surface area contributed by atoms with Crippen molar-refractivity contribution in [1.29, 1.82) is 5.26 Å². The van der Waals surface area contributed by atoms with Crippen LogP contribution in [0.2, 0.25) is 5.02 Å². The summed E-state index contributed by atoms with van der Waals surface area (Å²) < 4.78 is 0. The van der Waals surface area contributed by atoms with Gasteiger partial charge in [-0.2, -0.15) is 5.26 Å². The van der Waals surface area contributed by atoms with E-state index in [4.69, 9.17) is 16.9 Å². The molecular formula is C14H18ClN3O. The van der Waals surface area contributed by atoms with Gasteiger partial charge in [-0.15, -0.1) is 0 Å². The average molecular weight is 280 g/mol. The van der Waals surface area contributed by atoms with E-state index in [-0.39, 0.29) is 11.4 Å². The minimum Gasteiger partial charge on any atom is -0.373 e. The summed E-state index contributed by atoms with van der Waals surface area (Å²) in [4.78, 5) is 12.0. The molecule has 0 aliphatic heterocycles. The van der Waals surface area contributed by atoms with Crippen LogP contribution in [0.25, 0.3) is 0 Å². The van der Waals surface area contributed by atoms with Crippen molar-refractivity contribution in [2.75, 3.05) is 5.32 Å². The number of anilines is 1. The summed E-state index contributed by atoms with van der Waals surface area (Å²) in [6, 6.07) is 6.68. The van der Waals surface area contributed by atoms with Crippen LogP contribution in [0.1, 0.15) is 33.3 Å². The van der Waals surface area contributed by atoms with E-state index in [1.54, 1.807) is 25.1 Å². The number of amides is 1. The molecule has 0 radical (unpaired) electrons. The smallest absolute Gasteiger partial charge is 0.242 e. The van der Waals surface area contributed by atoms with Crippen LogP contribution in [-0.4, -0.2) is 17.5 Å². The van der Waals surface area contributed by atoms with E-state index >= 15 is 0 Å². The van der Waals surface area contributed by atoms with E-state index in [1.807, 2.05) is 26.8 Å². The van der Waals surface area contributed by atoms with Gasteiger partial charge in [-0.05, 0) is 39.8 Å². The molecule has 1 aromatic rings. The average Bonchev–Trinajstić information content (AvgIpc) is 2.27. The van der Waals surface area contributed by atoms with E-state index in [0.29, 0.717) is 16.3 Å². The van der Waals surface area contributed by atoms with Crippen molar-refractivity contribution in [2.45, 2.75) is 39.3 Å². The zero-order chi connectivity index (χ0) is 14.6. The molecule has 0 aliphatic carbocycles. The number of halogens is 1. The first kappa shape index (κ1) is 15.3. The van der Waals surface area contributed by atoms with Crippen LogP contribution in [0, 0.1) is 11.3 Å². The van der Waals surface area contributed by atoms with Gasteiger partial charge in [-0.25, -0.2) is 0 Å². The highest BCUT2D eigenvalue weighted by Crippen LogP contribution is 2.23. The number of nitriles is 1. The lowest BCUT2D eigenvalue weighted by molar-refractivity contribution is -0.122. The molecule has 2 N–H and O–H groups in total. The predicted octanol–water partition coefficient (Wildman–Crippen LogP) is 2.93. The molecule has 5 heteroatoms. The third-order valence-corrected chi connectivity index (χ3v) is 2.70. The van der Waals surface area contributed by atoms with Gasteiger partial charge >= 0.3 is 0 Å². The van der Waals surface area contributed by atoms with Gasteiger partial charge in [0.25, 0.3) is 0 Å². The predicted molar refractivity (Wildman–Crippen MR) is 77.1 cm³/mol. The van der Waals surface area contributed by atoms with Gasteiger partial charge in [0.05, 0.1) is 16.3 Å². The van der Waals surface area contributed by atoms with Crippen LogP contribution in [0.5, 0.6) is 0 Å². The van der Waals surface area contributed by atoms with Crippen LogP contribution in [-0.2, 0) is 4.79 Å². The molecule has 0 aromatic heterocycles. The summed E-state index contributed by atoms with van der Waals surface area (Å²) in [7, 11) is 0. The molecule has 102 valence electrons. The Kier molecular flexibility index (Phi) is 4.79. The standard InChI is InChI=1S/C14H18ClN3O/c1-9(13(19)18-14(2,3)4)17-12-7-5-6-11(15)10(12)8-16/h5-7,9,17H,1-4H3,(H,18,19). The van der Waals surface area contributed by atoms with Gasteiger partial charge in [0.15, 0.2) is 0 Å². The van der Waals surface area contributed by atoms with Crippen molar-refractivity contribution in [1.82, 2.24) is 5.32 Å². The molecule has 1 aromatic carbocycles. The normalized spacial score (nSPS) is 12.4. The molecule has 0 saturated carbocycles. The van der Waals surface area contributed by atoms with Gasteiger partial charge in [-0.1, -0.05) is 17.7 Å². The zero-order valence-corrected chi connectivity index (χ0v) is 12.3. The van der Waals surface area contributed by atoms with Crippen LogP contribution < -0.4 is 10.6 Å². The van der Waals surface area contributed by atoms with Crippen molar-refractivity contribution >= 4 is 23.2 Å². The maximum absolute atomic E-state index is 12.0. The first-order chi connectivity index (χ1) is 8.74. The van der Waals surface area contributed by atoms with E-state index in [1.165, 1.54) is 0 Å². The lowest BCUT2D eigenvalue weighted by atomic mass is 10.1. The van der Waals surface area contributed by atoms with Gasteiger partial charge in [-0.3, -0.25) is 4.79 Å². The van der Waals surface area contributed by atoms with Crippen LogP contribution in [0.15, 0.2) is 18.2 Å². The Morgan fingerprint density at radius 2 is 2.05 bits per heavy atom. The van der Waals surface area contributed by atoms with E-state index < -0.39 is 6.04 Å². The third-order valence-electron chi connectivity index (χ3n) is 2.39. The van der Waals surface area contributed by atoms with E-state index in [0.717, 1.165) is 0 Å². The molecule has 1 amide bonds. The highest BCUT2D eigenvalue weighted by Gasteiger charge is 2.20. The van der Waals surface area contributed by atoms with Gasteiger partial charge in [0.2, 0.25) is 5.91 Å². The summed E-state index contributed by atoms with van der Waals surface area (Å²) in [5.41, 5.74) is 0.616. The van der Waals surface area contributed by atoms with Crippen molar-refractivity contribution in [3.05, 3.63) is 28.8 Å². The molecule has 0 bridgehead atoms. The third kappa shape index (κ3) is 4.46. The second-order valence-electron chi connectivity index (χ2n) is 5.38. The van der Waals surface area contributed by atoms with Crippen molar-refractivity contribution < 1.29 is 4.79 Å². The number of benzene rings is 1. The number of nitrogens with one attached hydrogen (secondary N) is 2. The molecule has 0 fully saturated rings. The van der Waals surface area contributed by atoms with Gasteiger partial charge in [0.1, 0.15) is 12.1 Å². The van der Waals surface area contributed by atoms with Crippen LogP contribution >= 0.6 is 11.6 Å². The Morgan fingerprint density at radius 3 is 2.58 bits per heavy atom. The highest BCUT2D eigenvalue weighted by molar-refractivity contribution is 6.32. The monoisotopic (exact) mass is 279 g/mol. The molecule has 1 rings (SSSR count). The van der Waals surface area contributed by atoms with Gasteiger partial charge < -0.3 is 10.6 Å². The number of hydrogen-bond acceptors (Lipinski definition) is 3. The van der Waals surface area contributed by atoms with Crippen molar-refractivity contribution in [3.63, 3.8) is 0 Å². The van der Waals surface area contributed by atoms with Crippen LogP contribution in [0.4, 0.5) is 5.69 Å². The quantitative estimate of drug-likeness (QED) is 0.894. The maximum Gasteiger partial charge on any atom is 0.242 e. The molecular weight excluding hydrogens is 262 g/mol. The first-order valence-corrected chi connectivity index (χ1v) is 6.39. The minimum atomic E-state index is -0.454. The fourth-order valence-corrected chi connectivity index (χ4v) is 1.75. The molecule has 1 unspecified atom stereocenters. The van der Waals surface area contributed by atoms with Gasteiger partial charge in [0, 0.05) is 5.54 Å². The molecule has 0 heterocycles. The SMILES string of the molecule is CC(Nc1cccc(Cl)c1C#N)C(=O)NC(C)(C)C. The second kappa shape index (κ2) is 5.94. The molecule has 19 heavy (non-hydrogen) atoms. The first-order valence-electron chi connectivity index (χ1n) is 6.02. The number of nitrogens with zero attached hydrogens (tertiary/aromatic N) is 1. The lowest BCUT2D eigenvalue weighted by Gasteiger charge is -2.24. The Morgan fingerprint density at radius 1 is 1.42 bits per heavy atom. The fourth-order valence-electron chi connectivity index (χ4n) is 1.53. The topological polar surface area (TPSA) is 64.9 Å².